The highest BCUT2D eigenvalue weighted by molar-refractivity contribution is 6.06. The summed E-state index contributed by atoms with van der Waals surface area (Å²) in [6.45, 7) is 5.64. The summed E-state index contributed by atoms with van der Waals surface area (Å²) in [6.07, 6.45) is 3.59. The molecule has 4 nitrogen and oxygen atoms in total. The molecule has 2 aromatic carbocycles. The molecule has 0 saturated carbocycles. The average Bonchev–Trinajstić information content (AvgIpc) is 2.74. The van der Waals surface area contributed by atoms with E-state index in [0.29, 0.717) is 18.7 Å². The van der Waals surface area contributed by atoms with Gasteiger partial charge in [-0.05, 0) is 80.1 Å². The number of hydrogen-bond donors (Lipinski definition) is 1. The number of aliphatic hydroxyl groups is 1. The molecule has 2 heterocycles. The van der Waals surface area contributed by atoms with Crippen LogP contribution in [-0.2, 0) is 6.42 Å². The summed E-state index contributed by atoms with van der Waals surface area (Å²) < 4.78 is 13.5. The molecular weight excluding hydrogens is 367 g/mol. The van der Waals surface area contributed by atoms with E-state index >= 15 is 0 Å². The van der Waals surface area contributed by atoms with Gasteiger partial charge in [0.2, 0.25) is 0 Å². The van der Waals surface area contributed by atoms with Gasteiger partial charge in [0, 0.05) is 24.3 Å². The van der Waals surface area contributed by atoms with Gasteiger partial charge in [-0.15, -0.1) is 0 Å². The van der Waals surface area contributed by atoms with Crippen LogP contribution in [0.15, 0.2) is 42.5 Å². The summed E-state index contributed by atoms with van der Waals surface area (Å²) in [5.74, 6) is 0.189. The molecule has 154 valence electrons. The van der Waals surface area contributed by atoms with Crippen molar-refractivity contribution in [2.75, 3.05) is 31.1 Å². The number of anilines is 1. The first-order valence-electron chi connectivity index (χ1n) is 10.6. The summed E-state index contributed by atoms with van der Waals surface area (Å²) in [5, 5.41) is 10.8. The van der Waals surface area contributed by atoms with Crippen LogP contribution in [0.25, 0.3) is 0 Å². The number of β-amino-alcohol motifs (C(OH)–C–C–N with tert-alkyl or cyclic N) is 1. The minimum absolute atomic E-state index is 0.179. The molecule has 0 unspecified atom stereocenters. The Labute approximate surface area is 171 Å². The summed E-state index contributed by atoms with van der Waals surface area (Å²) in [6, 6.07) is 11.7. The monoisotopic (exact) mass is 396 g/mol. The Morgan fingerprint density at radius 3 is 2.72 bits per heavy atom. The number of aliphatic hydroxyl groups excluding tert-OH is 1. The number of carbonyl (C=O) groups excluding carboxylic acids is 1. The quantitative estimate of drug-likeness (QED) is 0.843. The van der Waals surface area contributed by atoms with Gasteiger partial charge in [-0.3, -0.25) is 4.79 Å². The van der Waals surface area contributed by atoms with E-state index in [-0.39, 0.29) is 5.91 Å². The van der Waals surface area contributed by atoms with E-state index in [2.05, 4.69) is 11.8 Å². The molecule has 0 bridgehead atoms. The Morgan fingerprint density at radius 1 is 1.17 bits per heavy atom. The van der Waals surface area contributed by atoms with Crippen LogP contribution in [0.4, 0.5) is 10.1 Å². The number of likely N-dealkylation sites (tertiary alicyclic amines) is 1. The number of benzene rings is 2. The first-order valence-corrected chi connectivity index (χ1v) is 10.6. The van der Waals surface area contributed by atoms with E-state index < -0.39 is 11.9 Å². The van der Waals surface area contributed by atoms with Gasteiger partial charge in [0.25, 0.3) is 5.91 Å². The largest absolute Gasteiger partial charge is 0.387 e. The molecule has 4 rings (SSSR count). The zero-order valence-electron chi connectivity index (χ0n) is 17.0. The Balaban J connectivity index is 1.50. The normalized spacial score (nSPS) is 19.1. The second kappa shape index (κ2) is 8.64. The lowest BCUT2D eigenvalue weighted by molar-refractivity contribution is 0.0915. The fraction of sp³-hybridized carbons (Fsp3) is 0.458. The van der Waals surface area contributed by atoms with Crippen molar-refractivity contribution < 1.29 is 14.3 Å². The Morgan fingerprint density at radius 2 is 1.97 bits per heavy atom. The Kier molecular flexibility index (Phi) is 5.97. The molecular formula is C24H29FN2O2. The zero-order valence-corrected chi connectivity index (χ0v) is 17.0. The van der Waals surface area contributed by atoms with Crippen molar-refractivity contribution in [1.82, 2.24) is 4.90 Å². The first kappa shape index (κ1) is 20.0. The number of rotatable bonds is 4. The second-order valence-corrected chi connectivity index (χ2v) is 8.46. The fourth-order valence-corrected chi connectivity index (χ4v) is 4.41. The molecule has 1 atom stereocenters. The van der Waals surface area contributed by atoms with Gasteiger partial charge < -0.3 is 14.9 Å². The maximum atomic E-state index is 13.5. The van der Waals surface area contributed by atoms with Crippen molar-refractivity contribution in [2.45, 2.75) is 38.7 Å². The van der Waals surface area contributed by atoms with Gasteiger partial charge in [-0.2, -0.15) is 0 Å². The summed E-state index contributed by atoms with van der Waals surface area (Å²) in [5.41, 5.74) is 3.21. The lowest BCUT2D eigenvalue weighted by Gasteiger charge is -2.33. The van der Waals surface area contributed by atoms with E-state index in [0.717, 1.165) is 48.7 Å². The zero-order chi connectivity index (χ0) is 20.4. The molecule has 2 aliphatic heterocycles. The van der Waals surface area contributed by atoms with Crippen LogP contribution >= 0.6 is 0 Å². The van der Waals surface area contributed by atoms with Crippen molar-refractivity contribution in [3.8, 4) is 0 Å². The molecule has 0 radical (unpaired) electrons. The van der Waals surface area contributed by atoms with Gasteiger partial charge in [-0.1, -0.05) is 25.1 Å². The predicted molar refractivity (Wildman–Crippen MR) is 113 cm³/mol. The standard InChI is InChI=1S/C24H29FN2O2/c1-17-9-12-26(13-10-17)16-23(28)19-7-8-22-18(14-19)5-3-11-27(22)24(29)20-4-2-6-21(25)15-20/h2,4,6-8,14-15,17,23,28H,3,5,9-13,16H2,1H3/t23-/m0/s1. The molecule has 2 aromatic rings. The van der Waals surface area contributed by atoms with Gasteiger partial charge in [0.15, 0.2) is 0 Å². The van der Waals surface area contributed by atoms with E-state index in [9.17, 15) is 14.3 Å². The molecule has 0 aliphatic carbocycles. The van der Waals surface area contributed by atoms with Gasteiger partial charge in [-0.25, -0.2) is 4.39 Å². The summed E-state index contributed by atoms with van der Waals surface area (Å²) in [4.78, 5) is 17.0. The van der Waals surface area contributed by atoms with Crippen LogP contribution in [0, 0.1) is 11.7 Å². The van der Waals surface area contributed by atoms with Crippen LogP contribution in [0.5, 0.6) is 0 Å². The van der Waals surface area contributed by atoms with E-state index in [1.54, 1.807) is 17.0 Å². The molecule has 1 fully saturated rings. The maximum Gasteiger partial charge on any atom is 0.258 e. The minimum atomic E-state index is -0.525. The number of piperidine rings is 1. The molecule has 1 saturated heterocycles. The van der Waals surface area contributed by atoms with E-state index in [1.165, 1.54) is 25.0 Å². The highest BCUT2D eigenvalue weighted by Gasteiger charge is 2.25. The number of halogens is 1. The molecule has 0 spiro atoms. The van der Waals surface area contributed by atoms with Crippen molar-refractivity contribution in [3.63, 3.8) is 0 Å². The van der Waals surface area contributed by atoms with Crippen LogP contribution in [0.3, 0.4) is 0 Å². The number of aryl methyl sites for hydroxylation is 1. The molecule has 2 aliphatic rings. The number of amides is 1. The maximum absolute atomic E-state index is 13.5. The minimum Gasteiger partial charge on any atom is -0.387 e. The van der Waals surface area contributed by atoms with Crippen molar-refractivity contribution >= 4 is 11.6 Å². The number of carbonyl (C=O) groups is 1. The summed E-state index contributed by atoms with van der Waals surface area (Å²) in [7, 11) is 0. The SMILES string of the molecule is CC1CCN(C[C@H](O)c2ccc3c(c2)CCCN3C(=O)c2cccc(F)c2)CC1. The summed E-state index contributed by atoms with van der Waals surface area (Å²) >= 11 is 0. The third-order valence-corrected chi connectivity index (χ3v) is 6.23. The lowest BCUT2D eigenvalue weighted by atomic mass is 9.95. The van der Waals surface area contributed by atoms with E-state index in [1.807, 2.05) is 18.2 Å². The second-order valence-electron chi connectivity index (χ2n) is 8.46. The number of hydrogen-bond acceptors (Lipinski definition) is 3. The molecule has 0 aromatic heterocycles. The van der Waals surface area contributed by atoms with Crippen LogP contribution in [0.1, 0.15) is 53.8 Å². The van der Waals surface area contributed by atoms with Gasteiger partial charge in [0.05, 0.1) is 6.10 Å². The Hall–Kier alpha value is -2.24. The average molecular weight is 397 g/mol. The van der Waals surface area contributed by atoms with Crippen LogP contribution in [0.2, 0.25) is 0 Å². The third-order valence-electron chi connectivity index (χ3n) is 6.23. The van der Waals surface area contributed by atoms with E-state index in [4.69, 9.17) is 0 Å². The number of nitrogens with zero attached hydrogens (tertiary/aromatic N) is 2. The van der Waals surface area contributed by atoms with Crippen molar-refractivity contribution in [2.24, 2.45) is 5.92 Å². The highest BCUT2D eigenvalue weighted by Crippen LogP contribution is 2.31. The first-order chi connectivity index (χ1) is 14.0. The molecule has 5 heteroatoms. The Bertz CT molecular complexity index is 877. The third kappa shape index (κ3) is 4.51. The van der Waals surface area contributed by atoms with Crippen molar-refractivity contribution in [3.05, 3.63) is 65.0 Å². The molecule has 29 heavy (non-hydrogen) atoms. The van der Waals surface area contributed by atoms with Gasteiger partial charge in [0.1, 0.15) is 5.82 Å². The predicted octanol–water partition coefficient (Wildman–Crippen LogP) is 4.18. The van der Waals surface area contributed by atoms with Crippen LogP contribution < -0.4 is 4.90 Å². The van der Waals surface area contributed by atoms with Crippen molar-refractivity contribution in [1.29, 1.82) is 0 Å². The smallest absolute Gasteiger partial charge is 0.258 e. The topological polar surface area (TPSA) is 43.8 Å². The lowest BCUT2D eigenvalue weighted by Crippen LogP contribution is -2.36. The van der Waals surface area contributed by atoms with Gasteiger partial charge >= 0.3 is 0 Å². The fourth-order valence-electron chi connectivity index (χ4n) is 4.41. The molecule has 1 amide bonds. The molecule has 1 N–H and O–H groups in total. The highest BCUT2D eigenvalue weighted by atomic mass is 19.1. The number of fused-ring (bicyclic) bond motifs is 1. The van der Waals surface area contributed by atoms with Crippen LogP contribution in [-0.4, -0.2) is 42.1 Å².